The molecule has 0 spiro atoms. The summed E-state index contributed by atoms with van der Waals surface area (Å²) >= 11 is 0. The second kappa shape index (κ2) is 8.78. The third kappa shape index (κ3) is 3.86. The van der Waals surface area contributed by atoms with Crippen LogP contribution >= 0.6 is 0 Å². The number of fused-ring (bicyclic) bond motifs is 1. The van der Waals surface area contributed by atoms with Crippen molar-refractivity contribution >= 4 is 17.7 Å². The van der Waals surface area contributed by atoms with Crippen LogP contribution < -0.4 is 5.32 Å². The molecular weight excluding hydrogens is 378 g/mol. The average Bonchev–Trinajstić information content (AvgIpc) is 3.06. The van der Waals surface area contributed by atoms with Crippen molar-refractivity contribution in [2.45, 2.75) is 45.3 Å². The van der Waals surface area contributed by atoms with Gasteiger partial charge in [0.15, 0.2) is 0 Å². The monoisotopic (exact) mass is 407 g/mol. The van der Waals surface area contributed by atoms with Crippen LogP contribution in [0, 0.1) is 0 Å². The lowest BCUT2D eigenvalue weighted by Crippen LogP contribution is -2.49. The molecule has 4 rings (SSSR count). The highest BCUT2D eigenvalue weighted by atomic mass is 16.6. The number of likely N-dealkylation sites (tertiary alicyclic amines) is 1. The maximum Gasteiger partial charge on any atom is 0.409 e. The first-order chi connectivity index (χ1) is 14.6. The fourth-order valence-electron chi connectivity index (χ4n) is 4.40. The predicted octanol–water partition coefficient (Wildman–Crippen LogP) is 4.44. The highest BCUT2D eigenvalue weighted by molar-refractivity contribution is 5.99. The van der Waals surface area contributed by atoms with Gasteiger partial charge in [0, 0.05) is 35.9 Å². The zero-order valence-electron chi connectivity index (χ0n) is 17.6. The Balaban J connectivity index is 1.55. The van der Waals surface area contributed by atoms with Crippen LogP contribution in [0.15, 0.2) is 48.5 Å². The second-order valence-electron chi connectivity index (χ2n) is 7.81. The van der Waals surface area contributed by atoms with Gasteiger partial charge in [-0.1, -0.05) is 37.3 Å². The number of carbonyl (C=O) groups excluding carboxylic acids is 2. The van der Waals surface area contributed by atoms with E-state index < -0.39 is 0 Å². The van der Waals surface area contributed by atoms with E-state index in [-0.39, 0.29) is 24.2 Å². The number of anilines is 1. The number of benzene rings is 2. The third-order valence-corrected chi connectivity index (χ3v) is 6.05. The van der Waals surface area contributed by atoms with Gasteiger partial charge in [-0.15, -0.1) is 0 Å². The van der Waals surface area contributed by atoms with Gasteiger partial charge in [0.05, 0.1) is 6.61 Å². The number of piperidine rings is 1. The molecular formula is C24H29N3O3. The van der Waals surface area contributed by atoms with Gasteiger partial charge in [-0.3, -0.25) is 4.79 Å². The molecule has 30 heavy (non-hydrogen) atoms. The van der Waals surface area contributed by atoms with E-state index in [1.54, 1.807) is 4.90 Å². The van der Waals surface area contributed by atoms with Gasteiger partial charge < -0.3 is 19.9 Å². The van der Waals surface area contributed by atoms with Crippen molar-refractivity contribution in [2.75, 3.05) is 25.0 Å². The molecule has 0 unspecified atom stereocenters. The Morgan fingerprint density at radius 2 is 1.77 bits per heavy atom. The number of amides is 2. The normalized spacial score (nSPS) is 19.0. The van der Waals surface area contributed by atoms with E-state index in [0.29, 0.717) is 19.7 Å². The highest BCUT2D eigenvalue weighted by Crippen LogP contribution is 2.38. The van der Waals surface area contributed by atoms with Crippen molar-refractivity contribution in [1.29, 1.82) is 0 Å². The number of hydrogen-bond donors (Lipinski definition) is 1. The van der Waals surface area contributed by atoms with Gasteiger partial charge in [0.1, 0.15) is 6.17 Å². The Hall–Kier alpha value is -3.02. The smallest absolute Gasteiger partial charge is 0.409 e. The zero-order chi connectivity index (χ0) is 21.1. The Morgan fingerprint density at radius 3 is 2.43 bits per heavy atom. The van der Waals surface area contributed by atoms with Gasteiger partial charge in [0.25, 0.3) is 5.91 Å². The molecule has 0 bridgehead atoms. The van der Waals surface area contributed by atoms with Crippen molar-refractivity contribution in [3.05, 3.63) is 65.2 Å². The number of carbonyl (C=O) groups is 2. The molecule has 0 saturated carbocycles. The van der Waals surface area contributed by atoms with Crippen molar-refractivity contribution in [3.63, 3.8) is 0 Å². The van der Waals surface area contributed by atoms with Crippen LogP contribution in [0.5, 0.6) is 0 Å². The molecule has 2 aliphatic rings. The minimum absolute atomic E-state index is 0.0582. The lowest BCUT2D eigenvalue weighted by atomic mass is 10.0. The molecule has 2 aromatic carbocycles. The fraction of sp³-hybridized carbons (Fsp3) is 0.417. The number of nitrogens with zero attached hydrogens (tertiary/aromatic N) is 2. The first-order valence-electron chi connectivity index (χ1n) is 10.8. The van der Waals surface area contributed by atoms with Crippen LogP contribution in [0.1, 0.15) is 54.3 Å². The van der Waals surface area contributed by atoms with Crippen LogP contribution in [0.4, 0.5) is 10.5 Å². The largest absolute Gasteiger partial charge is 0.450 e. The minimum atomic E-state index is -0.266. The third-order valence-electron chi connectivity index (χ3n) is 6.05. The average molecular weight is 408 g/mol. The summed E-state index contributed by atoms with van der Waals surface area (Å²) in [6.45, 7) is 5.53. The molecule has 0 radical (unpaired) electrons. The van der Waals surface area contributed by atoms with Crippen LogP contribution in [-0.4, -0.2) is 47.5 Å². The molecule has 6 heteroatoms. The highest BCUT2D eigenvalue weighted by Gasteiger charge is 2.42. The SMILES string of the molecule is CCOC(=O)N1CCC(N2C(=O)c3ccccc3[C@H]2Nc2ccc(CC)cc2)CC1. The summed E-state index contributed by atoms with van der Waals surface area (Å²) < 4.78 is 5.13. The molecule has 2 heterocycles. The van der Waals surface area contributed by atoms with Crippen molar-refractivity contribution < 1.29 is 14.3 Å². The fourth-order valence-corrected chi connectivity index (χ4v) is 4.40. The quantitative estimate of drug-likeness (QED) is 0.796. The van der Waals surface area contributed by atoms with E-state index in [4.69, 9.17) is 4.74 Å². The van der Waals surface area contributed by atoms with E-state index in [2.05, 4.69) is 36.5 Å². The molecule has 1 N–H and O–H groups in total. The van der Waals surface area contributed by atoms with Gasteiger partial charge in [-0.05, 0) is 49.9 Å². The van der Waals surface area contributed by atoms with E-state index >= 15 is 0 Å². The predicted molar refractivity (Wildman–Crippen MR) is 116 cm³/mol. The summed E-state index contributed by atoms with van der Waals surface area (Å²) in [6, 6.07) is 16.3. The van der Waals surface area contributed by atoms with Crippen LogP contribution in [-0.2, 0) is 11.2 Å². The van der Waals surface area contributed by atoms with Crippen molar-refractivity contribution in [1.82, 2.24) is 9.80 Å². The summed E-state index contributed by atoms with van der Waals surface area (Å²) in [6.07, 6.45) is 2.01. The Kier molecular flexibility index (Phi) is 5.93. The van der Waals surface area contributed by atoms with Crippen LogP contribution in [0.25, 0.3) is 0 Å². The van der Waals surface area contributed by atoms with Crippen LogP contribution in [0.3, 0.4) is 0 Å². The van der Waals surface area contributed by atoms with Gasteiger partial charge in [0.2, 0.25) is 0 Å². The summed E-state index contributed by atoms with van der Waals surface area (Å²) in [5.74, 6) is 0.0582. The summed E-state index contributed by atoms with van der Waals surface area (Å²) in [4.78, 5) is 29.0. The zero-order valence-corrected chi connectivity index (χ0v) is 17.6. The minimum Gasteiger partial charge on any atom is -0.450 e. The molecule has 2 aliphatic heterocycles. The maximum absolute atomic E-state index is 13.3. The van der Waals surface area contributed by atoms with Gasteiger partial charge >= 0.3 is 6.09 Å². The first kappa shape index (κ1) is 20.3. The van der Waals surface area contributed by atoms with E-state index in [9.17, 15) is 9.59 Å². The van der Waals surface area contributed by atoms with E-state index in [1.165, 1.54) is 5.56 Å². The molecule has 1 fully saturated rings. The van der Waals surface area contributed by atoms with Gasteiger partial charge in [-0.2, -0.15) is 0 Å². The standard InChI is InChI=1S/C24H29N3O3/c1-3-17-9-11-18(12-10-17)25-22-20-7-5-6-8-21(20)23(28)27(22)19-13-15-26(16-14-19)24(29)30-4-2/h5-12,19,22,25H,3-4,13-16H2,1-2H3/t22-/m0/s1. The number of hydrogen-bond acceptors (Lipinski definition) is 4. The molecule has 2 amide bonds. The lowest BCUT2D eigenvalue weighted by Gasteiger charge is -2.39. The number of ether oxygens (including phenoxy) is 1. The molecule has 158 valence electrons. The molecule has 1 saturated heterocycles. The molecule has 6 nitrogen and oxygen atoms in total. The molecule has 1 atom stereocenters. The lowest BCUT2D eigenvalue weighted by molar-refractivity contribution is 0.0496. The Bertz CT molecular complexity index is 904. The number of nitrogens with one attached hydrogen (secondary N) is 1. The summed E-state index contributed by atoms with van der Waals surface area (Å²) in [5.41, 5.74) is 4.05. The summed E-state index contributed by atoms with van der Waals surface area (Å²) in [5, 5.41) is 3.58. The second-order valence-corrected chi connectivity index (χ2v) is 7.81. The molecule has 2 aromatic rings. The van der Waals surface area contributed by atoms with Crippen LogP contribution in [0.2, 0.25) is 0 Å². The first-order valence-corrected chi connectivity index (χ1v) is 10.8. The molecule has 0 aliphatic carbocycles. The Morgan fingerprint density at radius 1 is 1.07 bits per heavy atom. The van der Waals surface area contributed by atoms with Crippen molar-refractivity contribution in [2.24, 2.45) is 0 Å². The summed E-state index contributed by atoms with van der Waals surface area (Å²) in [7, 11) is 0. The molecule has 0 aromatic heterocycles. The number of rotatable bonds is 5. The maximum atomic E-state index is 13.3. The topological polar surface area (TPSA) is 61.9 Å². The van der Waals surface area contributed by atoms with Crippen molar-refractivity contribution in [3.8, 4) is 0 Å². The van der Waals surface area contributed by atoms with Gasteiger partial charge in [-0.25, -0.2) is 4.79 Å². The number of aryl methyl sites for hydroxylation is 1. The Labute approximate surface area is 177 Å². The van der Waals surface area contributed by atoms with E-state index in [0.717, 1.165) is 36.1 Å². The van der Waals surface area contributed by atoms with E-state index in [1.807, 2.05) is 36.1 Å².